The van der Waals surface area contributed by atoms with E-state index in [1.165, 1.54) is 6.92 Å². The molecule has 0 amide bonds. The molecule has 0 fully saturated rings. The van der Waals surface area contributed by atoms with Crippen LogP contribution in [0.1, 0.15) is 63.6 Å². The van der Waals surface area contributed by atoms with E-state index in [0.29, 0.717) is 18.1 Å². The molecule has 0 aliphatic carbocycles. The highest BCUT2D eigenvalue weighted by atomic mass is 16.5. The number of hydrogen-bond donors (Lipinski definition) is 1. The van der Waals surface area contributed by atoms with E-state index >= 15 is 0 Å². The fourth-order valence-electron chi connectivity index (χ4n) is 3.14. The first-order valence-electron chi connectivity index (χ1n) is 10.5. The molecule has 2 aromatic rings. The van der Waals surface area contributed by atoms with E-state index in [1.54, 1.807) is 19.9 Å². The first-order chi connectivity index (χ1) is 14.2. The maximum absolute atomic E-state index is 12.3. The number of benzene rings is 2. The molecule has 5 nitrogen and oxygen atoms in total. The number of carbonyl (C=O) groups is 2. The average molecular weight is 412 g/mol. The molecular formula is C25H33NO4. The van der Waals surface area contributed by atoms with Crippen molar-refractivity contribution in [1.82, 2.24) is 0 Å². The van der Waals surface area contributed by atoms with Crippen molar-refractivity contribution in [2.45, 2.75) is 59.6 Å². The third-order valence-corrected chi connectivity index (χ3v) is 5.14. The van der Waals surface area contributed by atoms with Crippen molar-refractivity contribution in [3.8, 4) is 5.75 Å². The van der Waals surface area contributed by atoms with Gasteiger partial charge in [0.25, 0.3) is 0 Å². The second-order valence-electron chi connectivity index (χ2n) is 8.34. The molecule has 162 valence electrons. The highest BCUT2D eigenvalue weighted by molar-refractivity contribution is 5.75. The van der Waals surface area contributed by atoms with E-state index < -0.39 is 0 Å². The van der Waals surface area contributed by atoms with Gasteiger partial charge in [0.05, 0.1) is 5.92 Å². The second-order valence-corrected chi connectivity index (χ2v) is 8.34. The van der Waals surface area contributed by atoms with Gasteiger partial charge in [-0.15, -0.1) is 0 Å². The van der Waals surface area contributed by atoms with Gasteiger partial charge in [0, 0.05) is 24.4 Å². The second kappa shape index (κ2) is 10.9. The van der Waals surface area contributed by atoms with E-state index in [4.69, 9.17) is 15.2 Å². The summed E-state index contributed by atoms with van der Waals surface area (Å²) in [6.07, 6.45) is 0.699. The lowest BCUT2D eigenvalue weighted by Crippen LogP contribution is -2.29. The molecule has 0 spiro atoms. The first-order valence-corrected chi connectivity index (χ1v) is 10.5. The van der Waals surface area contributed by atoms with E-state index in [1.807, 2.05) is 30.3 Å². The number of esters is 2. The minimum Gasteiger partial charge on any atom is -0.461 e. The van der Waals surface area contributed by atoms with E-state index in [9.17, 15) is 9.59 Å². The molecule has 0 aliphatic rings. The molecule has 2 atom stereocenters. The Hall–Kier alpha value is -2.66. The smallest absolute Gasteiger partial charge is 0.313 e. The summed E-state index contributed by atoms with van der Waals surface area (Å²) < 4.78 is 10.9. The van der Waals surface area contributed by atoms with Crippen molar-refractivity contribution in [1.29, 1.82) is 0 Å². The molecular weight excluding hydrogens is 378 g/mol. The molecule has 0 bridgehead atoms. The maximum atomic E-state index is 12.3. The third-order valence-electron chi connectivity index (χ3n) is 5.14. The van der Waals surface area contributed by atoms with Crippen LogP contribution in [0.15, 0.2) is 48.5 Å². The van der Waals surface area contributed by atoms with Crippen LogP contribution in [-0.4, -0.2) is 18.0 Å². The summed E-state index contributed by atoms with van der Waals surface area (Å²) in [6, 6.07) is 15.6. The summed E-state index contributed by atoms with van der Waals surface area (Å²) in [5.74, 6) is -0.105. The van der Waals surface area contributed by atoms with Crippen LogP contribution in [0.2, 0.25) is 0 Å². The lowest BCUT2D eigenvalue weighted by Gasteiger charge is -2.26. The van der Waals surface area contributed by atoms with Crippen LogP contribution < -0.4 is 10.5 Å². The van der Waals surface area contributed by atoms with Crippen molar-refractivity contribution in [2.24, 2.45) is 17.6 Å². The summed E-state index contributed by atoms with van der Waals surface area (Å²) in [5.41, 5.74) is 9.26. The molecule has 2 aromatic carbocycles. The molecule has 0 aliphatic heterocycles. The predicted molar refractivity (Wildman–Crippen MR) is 118 cm³/mol. The minimum atomic E-state index is -0.340. The van der Waals surface area contributed by atoms with Crippen LogP contribution in [0.3, 0.4) is 0 Å². The number of carbonyl (C=O) groups excluding carboxylic acids is 2. The zero-order valence-corrected chi connectivity index (χ0v) is 18.6. The fourth-order valence-corrected chi connectivity index (χ4v) is 3.14. The Morgan fingerprint density at radius 1 is 1.00 bits per heavy atom. The Kier molecular flexibility index (Phi) is 8.60. The number of ether oxygens (including phenoxy) is 2. The van der Waals surface area contributed by atoms with Gasteiger partial charge in [0.15, 0.2) is 0 Å². The summed E-state index contributed by atoms with van der Waals surface area (Å²) >= 11 is 0. The zero-order valence-electron chi connectivity index (χ0n) is 18.6. The van der Waals surface area contributed by atoms with Gasteiger partial charge in [-0.05, 0) is 35.6 Å². The predicted octanol–water partition coefficient (Wildman–Crippen LogP) is 4.82. The zero-order chi connectivity index (χ0) is 22.3. The van der Waals surface area contributed by atoms with Gasteiger partial charge >= 0.3 is 11.9 Å². The van der Waals surface area contributed by atoms with Crippen molar-refractivity contribution < 1.29 is 19.1 Å². The molecule has 2 N–H and O–H groups in total. The molecule has 0 aromatic heterocycles. The highest BCUT2D eigenvalue weighted by Crippen LogP contribution is 2.37. The number of rotatable bonds is 9. The van der Waals surface area contributed by atoms with E-state index in [-0.39, 0.29) is 36.4 Å². The van der Waals surface area contributed by atoms with Gasteiger partial charge < -0.3 is 15.2 Å². The lowest BCUT2D eigenvalue weighted by atomic mass is 9.82. The van der Waals surface area contributed by atoms with Gasteiger partial charge in [-0.1, -0.05) is 64.1 Å². The summed E-state index contributed by atoms with van der Waals surface area (Å²) in [5, 5.41) is 0. The van der Waals surface area contributed by atoms with Crippen molar-refractivity contribution >= 4 is 11.9 Å². The van der Waals surface area contributed by atoms with Crippen LogP contribution in [0.4, 0.5) is 0 Å². The molecule has 30 heavy (non-hydrogen) atoms. The SMILES string of the molecule is CC(=O)OCc1ccc(OC(=O)C(C)C)c(C(CC(N)C(C)C)c2ccccc2)c1. The Morgan fingerprint density at radius 2 is 1.67 bits per heavy atom. The molecule has 0 radical (unpaired) electrons. The van der Waals surface area contributed by atoms with Crippen molar-refractivity contribution in [3.63, 3.8) is 0 Å². The Bertz CT molecular complexity index is 845. The van der Waals surface area contributed by atoms with E-state index in [2.05, 4.69) is 26.0 Å². The Balaban J connectivity index is 2.53. The molecule has 0 heterocycles. The van der Waals surface area contributed by atoms with Gasteiger partial charge in [0.2, 0.25) is 0 Å². The monoisotopic (exact) mass is 411 g/mol. The molecule has 2 unspecified atom stereocenters. The largest absolute Gasteiger partial charge is 0.461 e. The van der Waals surface area contributed by atoms with Gasteiger partial charge in [-0.3, -0.25) is 9.59 Å². The average Bonchev–Trinajstić information content (AvgIpc) is 2.71. The van der Waals surface area contributed by atoms with Gasteiger partial charge in [-0.2, -0.15) is 0 Å². The lowest BCUT2D eigenvalue weighted by molar-refractivity contribution is -0.142. The third kappa shape index (κ3) is 6.70. The van der Waals surface area contributed by atoms with Crippen LogP contribution in [0.5, 0.6) is 5.75 Å². The summed E-state index contributed by atoms with van der Waals surface area (Å²) in [7, 11) is 0. The van der Waals surface area contributed by atoms with Gasteiger partial charge in [0.1, 0.15) is 12.4 Å². The normalized spacial score (nSPS) is 13.2. The van der Waals surface area contributed by atoms with Crippen molar-refractivity contribution in [3.05, 3.63) is 65.2 Å². The van der Waals surface area contributed by atoms with Gasteiger partial charge in [-0.25, -0.2) is 0 Å². The summed E-state index contributed by atoms with van der Waals surface area (Å²) in [6.45, 7) is 9.36. The fraction of sp³-hybridized carbons (Fsp3) is 0.440. The summed E-state index contributed by atoms with van der Waals surface area (Å²) in [4.78, 5) is 23.6. The van der Waals surface area contributed by atoms with Crippen LogP contribution in [0, 0.1) is 11.8 Å². The highest BCUT2D eigenvalue weighted by Gasteiger charge is 2.25. The van der Waals surface area contributed by atoms with E-state index in [0.717, 1.165) is 16.7 Å². The topological polar surface area (TPSA) is 78.6 Å². The Morgan fingerprint density at radius 3 is 2.23 bits per heavy atom. The van der Waals surface area contributed by atoms with Crippen LogP contribution in [-0.2, 0) is 20.9 Å². The Labute approximate surface area is 179 Å². The molecule has 2 rings (SSSR count). The quantitative estimate of drug-likeness (QED) is 0.473. The first kappa shape index (κ1) is 23.6. The molecule has 0 saturated carbocycles. The maximum Gasteiger partial charge on any atom is 0.313 e. The molecule has 5 heteroatoms. The number of hydrogen-bond acceptors (Lipinski definition) is 5. The molecule has 0 saturated heterocycles. The minimum absolute atomic E-state index is 0.0269. The van der Waals surface area contributed by atoms with Crippen molar-refractivity contribution in [2.75, 3.05) is 0 Å². The standard InChI is InChI=1S/C25H33NO4/c1-16(2)23(26)14-21(20-9-7-6-8-10-20)22-13-19(15-29-18(5)27)11-12-24(22)30-25(28)17(3)4/h6-13,16-17,21,23H,14-15,26H2,1-5H3. The number of nitrogens with two attached hydrogens (primary N) is 1. The van der Waals surface area contributed by atoms with Crippen LogP contribution in [0.25, 0.3) is 0 Å². The van der Waals surface area contributed by atoms with Crippen LogP contribution >= 0.6 is 0 Å².